The van der Waals surface area contributed by atoms with Crippen LogP contribution < -0.4 is 10.6 Å². The second kappa shape index (κ2) is 5.55. The van der Waals surface area contributed by atoms with Gasteiger partial charge in [-0.2, -0.15) is 0 Å². The van der Waals surface area contributed by atoms with Crippen molar-refractivity contribution in [2.45, 2.75) is 19.4 Å². The molecule has 2 N–H and O–H groups in total. The Morgan fingerprint density at radius 1 is 1.44 bits per heavy atom. The molecule has 2 atom stereocenters. The summed E-state index contributed by atoms with van der Waals surface area (Å²) >= 11 is 0. The molecular formula is C13H26N4O. The Hall–Kier alpha value is -0.650. The maximum atomic E-state index is 12.2. The number of carbonyl (C=O) groups excluding carboxylic acids is 1. The van der Waals surface area contributed by atoms with Gasteiger partial charge in [-0.25, -0.2) is 0 Å². The molecular weight excluding hydrogens is 228 g/mol. The van der Waals surface area contributed by atoms with Gasteiger partial charge in [-0.1, -0.05) is 0 Å². The van der Waals surface area contributed by atoms with Crippen molar-refractivity contribution in [3.05, 3.63) is 0 Å². The molecule has 0 aliphatic carbocycles. The molecule has 5 nitrogen and oxygen atoms in total. The molecule has 0 aromatic rings. The van der Waals surface area contributed by atoms with Gasteiger partial charge >= 0.3 is 0 Å². The number of likely N-dealkylation sites (N-methyl/N-ethyl adjacent to an activating group) is 2. The zero-order valence-electron chi connectivity index (χ0n) is 11.8. The van der Waals surface area contributed by atoms with Crippen LogP contribution in [0.15, 0.2) is 0 Å². The van der Waals surface area contributed by atoms with Crippen molar-refractivity contribution in [1.29, 1.82) is 0 Å². The summed E-state index contributed by atoms with van der Waals surface area (Å²) in [6, 6.07) is 0.436. The smallest absolute Gasteiger partial charge is 0.227 e. The molecule has 2 aliphatic rings. The van der Waals surface area contributed by atoms with Gasteiger partial charge in [0.1, 0.15) is 0 Å². The van der Waals surface area contributed by atoms with E-state index in [0.29, 0.717) is 6.04 Å². The number of hydrogen-bond acceptors (Lipinski definition) is 4. The first-order valence-electron chi connectivity index (χ1n) is 6.89. The van der Waals surface area contributed by atoms with E-state index in [1.807, 2.05) is 0 Å². The molecule has 2 heterocycles. The summed E-state index contributed by atoms with van der Waals surface area (Å²) in [5.41, 5.74) is -0.209. The third-order valence-electron chi connectivity index (χ3n) is 4.40. The standard InChI is InChI=1S/C13H26N4O/c1-13(4-5-14-10-13)12(18)15-8-11-9-16(2)6-7-17(11)3/h11,14H,4-10H2,1-3H3,(H,15,18). The number of amides is 1. The van der Waals surface area contributed by atoms with Crippen LogP contribution >= 0.6 is 0 Å². The van der Waals surface area contributed by atoms with Crippen molar-refractivity contribution < 1.29 is 4.79 Å². The van der Waals surface area contributed by atoms with Crippen LogP contribution in [0, 0.1) is 5.41 Å². The molecule has 2 fully saturated rings. The molecule has 18 heavy (non-hydrogen) atoms. The molecule has 1 amide bonds. The molecule has 5 heteroatoms. The lowest BCUT2D eigenvalue weighted by Gasteiger charge is -2.38. The summed E-state index contributed by atoms with van der Waals surface area (Å²) in [5, 5.41) is 6.41. The van der Waals surface area contributed by atoms with E-state index in [9.17, 15) is 4.79 Å². The highest BCUT2D eigenvalue weighted by Crippen LogP contribution is 2.24. The van der Waals surface area contributed by atoms with Gasteiger partial charge in [0.05, 0.1) is 5.41 Å². The summed E-state index contributed by atoms with van der Waals surface area (Å²) < 4.78 is 0. The fourth-order valence-electron chi connectivity index (χ4n) is 2.76. The minimum atomic E-state index is -0.209. The minimum Gasteiger partial charge on any atom is -0.354 e. The van der Waals surface area contributed by atoms with Crippen LogP contribution in [0.5, 0.6) is 0 Å². The molecule has 0 radical (unpaired) electrons. The van der Waals surface area contributed by atoms with Crippen LogP contribution in [0.3, 0.4) is 0 Å². The van der Waals surface area contributed by atoms with Gasteiger partial charge in [-0.05, 0) is 34.0 Å². The fourth-order valence-corrected chi connectivity index (χ4v) is 2.76. The summed E-state index contributed by atoms with van der Waals surface area (Å²) in [6.45, 7) is 7.80. The predicted octanol–water partition coefficient (Wildman–Crippen LogP) is -0.652. The Morgan fingerprint density at radius 3 is 2.89 bits per heavy atom. The van der Waals surface area contributed by atoms with Gasteiger partial charge in [0.2, 0.25) is 5.91 Å². The molecule has 0 spiro atoms. The maximum absolute atomic E-state index is 12.2. The van der Waals surface area contributed by atoms with Gasteiger partial charge in [0.25, 0.3) is 0 Å². The Morgan fingerprint density at radius 2 is 2.22 bits per heavy atom. The molecule has 2 rings (SSSR count). The normalized spacial score (nSPS) is 34.7. The molecule has 0 aromatic heterocycles. The highest BCUT2D eigenvalue weighted by Gasteiger charge is 2.36. The van der Waals surface area contributed by atoms with E-state index in [0.717, 1.165) is 45.7 Å². The lowest BCUT2D eigenvalue weighted by atomic mass is 9.89. The van der Waals surface area contributed by atoms with Crippen LogP contribution in [0.1, 0.15) is 13.3 Å². The van der Waals surface area contributed by atoms with E-state index in [4.69, 9.17) is 0 Å². The highest BCUT2D eigenvalue weighted by molar-refractivity contribution is 5.82. The topological polar surface area (TPSA) is 47.6 Å². The van der Waals surface area contributed by atoms with Crippen LogP contribution in [-0.2, 0) is 4.79 Å². The van der Waals surface area contributed by atoms with Gasteiger partial charge in [-0.15, -0.1) is 0 Å². The SMILES string of the molecule is CN1CCN(C)C(CNC(=O)C2(C)CCNC2)C1. The van der Waals surface area contributed by atoms with Crippen molar-refractivity contribution in [3.8, 4) is 0 Å². The summed E-state index contributed by atoms with van der Waals surface area (Å²) in [6.07, 6.45) is 0.944. The molecule has 0 bridgehead atoms. The first kappa shape index (κ1) is 13.8. The summed E-state index contributed by atoms with van der Waals surface area (Å²) in [7, 11) is 4.28. The zero-order valence-corrected chi connectivity index (χ0v) is 11.8. The number of nitrogens with zero attached hydrogens (tertiary/aromatic N) is 2. The van der Waals surface area contributed by atoms with Crippen LogP contribution in [0.25, 0.3) is 0 Å². The third-order valence-corrected chi connectivity index (χ3v) is 4.40. The van der Waals surface area contributed by atoms with Gasteiger partial charge in [0.15, 0.2) is 0 Å². The van der Waals surface area contributed by atoms with Crippen molar-refractivity contribution in [2.24, 2.45) is 5.41 Å². The van der Waals surface area contributed by atoms with Gasteiger partial charge in [-0.3, -0.25) is 9.69 Å². The second-order valence-electron chi connectivity index (χ2n) is 6.09. The fraction of sp³-hybridized carbons (Fsp3) is 0.923. The van der Waals surface area contributed by atoms with E-state index in [1.165, 1.54) is 0 Å². The third kappa shape index (κ3) is 3.02. The Balaban J connectivity index is 1.81. The monoisotopic (exact) mass is 254 g/mol. The number of hydrogen-bond donors (Lipinski definition) is 2. The average Bonchev–Trinajstić information content (AvgIpc) is 2.78. The number of piperazine rings is 1. The molecule has 2 aliphatic heterocycles. The average molecular weight is 254 g/mol. The number of rotatable bonds is 3. The number of carbonyl (C=O) groups is 1. The number of nitrogens with one attached hydrogen (secondary N) is 2. The second-order valence-corrected chi connectivity index (χ2v) is 6.09. The lowest BCUT2D eigenvalue weighted by Crippen LogP contribution is -2.55. The van der Waals surface area contributed by atoms with Crippen LogP contribution in [0.2, 0.25) is 0 Å². The van der Waals surface area contributed by atoms with E-state index < -0.39 is 0 Å². The largest absolute Gasteiger partial charge is 0.354 e. The molecule has 0 saturated carbocycles. The maximum Gasteiger partial charge on any atom is 0.227 e. The minimum absolute atomic E-state index is 0.203. The first-order chi connectivity index (χ1) is 8.51. The quantitative estimate of drug-likeness (QED) is 0.702. The molecule has 0 aromatic carbocycles. The Kier molecular flexibility index (Phi) is 4.25. The van der Waals surface area contributed by atoms with Crippen molar-refractivity contribution >= 4 is 5.91 Å². The Labute approximate surface area is 110 Å². The van der Waals surface area contributed by atoms with E-state index >= 15 is 0 Å². The van der Waals surface area contributed by atoms with Crippen molar-refractivity contribution in [1.82, 2.24) is 20.4 Å². The molecule has 104 valence electrons. The lowest BCUT2D eigenvalue weighted by molar-refractivity contribution is -0.129. The van der Waals surface area contributed by atoms with Crippen molar-refractivity contribution in [3.63, 3.8) is 0 Å². The van der Waals surface area contributed by atoms with Crippen molar-refractivity contribution in [2.75, 3.05) is 53.4 Å². The van der Waals surface area contributed by atoms with Gasteiger partial charge in [0, 0.05) is 38.8 Å². The highest BCUT2D eigenvalue weighted by atomic mass is 16.2. The van der Waals surface area contributed by atoms with Gasteiger partial charge < -0.3 is 15.5 Å². The van der Waals surface area contributed by atoms with Crippen LogP contribution in [-0.4, -0.2) is 75.1 Å². The van der Waals surface area contributed by atoms with E-state index in [2.05, 4.69) is 41.5 Å². The first-order valence-corrected chi connectivity index (χ1v) is 6.89. The summed E-state index contributed by atoms with van der Waals surface area (Å²) in [4.78, 5) is 16.9. The summed E-state index contributed by atoms with van der Waals surface area (Å²) in [5.74, 6) is 0.203. The molecule has 2 saturated heterocycles. The zero-order chi connectivity index (χ0) is 13.2. The van der Waals surface area contributed by atoms with E-state index in [-0.39, 0.29) is 11.3 Å². The van der Waals surface area contributed by atoms with E-state index in [1.54, 1.807) is 0 Å². The predicted molar refractivity (Wildman–Crippen MR) is 72.5 cm³/mol. The van der Waals surface area contributed by atoms with Crippen LogP contribution in [0.4, 0.5) is 0 Å². The molecule has 2 unspecified atom stereocenters. The Bertz CT molecular complexity index is 301.